The molecule has 0 aromatic heterocycles. The van der Waals surface area contributed by atoms with Crippen LogP contribution >= 0.6 is 0 Å². The number of hydrogen-bond acceptors (Lipinski definition) is 2. The third kappa shape index (κ3) is 2.06. The minimum absolute atomic E-state index is 0.0544. The number of phenolic OH excluding ortho intramolecular Hbond substituents is 1. The van der Waals surface area contributed by atoms with E-state index >= 15 is 0 Å². The van der Waals surface area contributed by atoms with Gasteiger partial charge in [-0.3, -0.25) is 0 Å². The average molecular weight is 300 g/mol. The Morgan fingerprint density at radius 2 is 1.86 bits per heavy atom. The van der Waals surface area contributed by atoms with Crippen molar-refractivity contribution >= 4 is 12.0 Å². The van der Waals surface area contributed by atoms with Crippen molar-refractivity contribution in [2.75, 3.05) is 0 Å². The second kappa shape index (κ2) is 4.87. The zero-order chi connectivity index (χ0) is 16.1. The molecule has 0 heterocycles. The van der Waals surface area contributed by atoms with Gasteiger partial charge in [0, 0.05) is 5.57 Å². The van der Waals surface area contributed by atoms with Gasteiger partial charge in [0.1, 0.15) is 5.75 Å². The summed E-state index contributed by atoms with van der Waals surface area (Å²) in [6.07, 6.45) is 5.08. The van der Waals surface area contributed by atoms with Crippen LogP contribution in [0.1, 0.15) is 45.6 Å². The molecule has 2 bridgehead atoms. The largest absolute Gasteiger partial charge is 0.508 e. The minimum Gasteiger partial charge on any atom is -0.508 e. The van der Waals surface area contributed by atoms with Crippen LogP contribution in [0.25, 0.3) is 6.08 Å². The van der Waals surface area contributed by atoms with Gasteiger partial charge in [-0.2, -0.15) is 0 Å². The topological polar surface area (TPSA) is 57.5 Å². The maximum Gasteiger partial charge on any atom is 0.331 e. The maximum absolute atomic E-state index is 11.9. The normalized spacial score (nSPS) is 33.1. The van der Waals surface area contributed by atoms with Gasteiger partial charge in [-0.05, 0) is 65.7 Å². The monoisotopic (exact) mass is 300 g/mol. The predicted octanol–water partition coefficient (Wildman–Crippen LogP) is 4.32. The predicted molar refractivity (Wildman–Crippen MR) is 86.4 cm³/mol. The first kappa shape index (κ1) is 15.1. The molecular formula is C19H24O3. The summed E-state index contributed by atoms with van der Waals surface area (Å²) in [5.41, 5.74) is 1.60. The molecule has 2 aliphatic rings. The Balaban J connectivity index is 2.00. The third-order valence-corrected chi connectivity index (χ3v) is 6.63. The molecule has 1 aromatic carbocycles. The van der Waals surface area contributed by atoms with Gasteiger partial charge in [-0.1, -0.05) is 32.9 Å². The zero-order valence-electron chi connectivity index (χ0n) is 13.5. The number of carbonyl (C=O) groups is 1. The average Bonchev–Trinajstić information content (AvgIpc) is 2.79. The lowest BCUT2D eigenvalue weighted by Crippen LogP contribution is -2.34. The van der Waals surface area contributed by atoms with E-state index in [9.17, 15) is 15.0 Å². The number of carboxylic acids is 1. The number of fused-ring (bicyclic) bond motifs is 2. The van der Waals surface area contributed by atoms with E-state index in [2.05, 4.69) is 20.8 Å². The second-order valence-corrected chi connectivity index (χ2v) is 7.66. The number of benzene rings is 1. The molecule has 2 aliphatic carbocycles. The van der Waals surface area contributed by atoms with Crippen molar-refractivity contribution in [1.29, 1.82) is 0 Å². The molecule has 1 aromatic rings. The van der Waals surface area contributed by atoms with Crippen LogP contribution in [0.15, 0.2) is 29.8 Å². The number of rotatable bonds is 3. The molecule has 2 saturated carbocycles. The molecular weight excluding hydrogens is 276 g/mol. The first-order chi connectivity index (χ1) is 10.3. The highest BCUT2D eigenvalue weighted by Crippen LogP contribution is 2.69. The van der Waals surface area contributed by atoms with E-state index in [0.29, 0.717) is 11.5 Å². The molecule has 22 heavy (non-hydrogen) atoms. The fourth-order valence-electron chi connectivity index (χ4n) is 4.74. The first-order valence-corrected chi connectivity index (χ1v) is 7.99. The molecule has 2 N–H and O–H groups in total. The lowest BCUT2D eigenvalue weighted by molar-refractivity contribution is -0.133. The number of aromatic hydroxyl groups is 1. The Kier molecular flexibility index (Phi) is 3.35. The lowest BCUT2D eigenvalue weighted by Gasteiger charge is -2.39. The van der Waals surface area contributed by atoms with Crippen LogP contribution in [-0.4, -0.2) is 16.2 Å². The SMILES string of the molecule is CC1(C)C2CCC1(C)C(C(=Cc1ccc(O)cc1)C(=O)O)C2. The fourth-order valence-corrected chi connectivity index (χ4v) is 4.74. The summed E-state index contributed by atoms with van der Waals surface area (Å²) in [4.78, 5) is 11.9. The van der Waals surface area contributed by atoms with Crippen molar-refractivity contribution in [2.24, 2.45) is 22.7 Å². The molecule has 3 unspecified atom stereocenters. The van der Waals surface area contributed by atoms with E-state index < -0.39 is 5.97 Å². The molecule has 0 aliphatic heterocycles. The molecule has 3 heteroatoms. The molecule has 0 amide bonds. The van der Waals surface area contributed by atoms with Crippen molar-refractivity contribution in [3.8, 4) is 5.75 Å². The summed E-state index contributed by atoms with van der Waals surface area (Å²) in [7, 11) is 0. The van der Waals surface area contributed by atoms with Gasteiger partial charge >= 0.3 is 5.97 Å². The Morgan fingerprint density at radius 3 is 2.32 bits per heavy atom. The first-order valence-electron chi connectivity index (χ1n) is 7.99. The van der Waals surface area contributed by atoms with Crippen molar-refractivity contribution in [1.82, 2.24) is 0 Å². The van der Waals surface area contributed by atoms with Gasteiger partial charge in [0.2, 0.25) is 0 Å². The van der Waals surface area contributed by atoms with Crippen LogP contribution in [0.3, 0.4) is 0 Å². The molecule has 3 nitrogen and oxygen atoms in total. The maximum atomic E-state index is 11.9. The summed E-state index contributed by atoms with van der Waals surface area (Å²) < 4.78 is 0. The van der Waals surface area contributed by atoms with E-state index in [1.54, 1.807) is 30.3 Å². The molecule has 2 fully saturated rings. The summed E-state index contributed by atoms with van der Waals surface area (Å²) in [5, 5.41) is 19.1. The summed E-state index contributed by atoms with van der Waals surface area (Å²) in [6, 6.07) is 6.72. The van der Waals surface area contributed by atoms with Crippen LogP contribution < -0.4 is 0 Å². The summed E-state index contributed by atoms with van der Waals surface area (Å²) in [5.74, 6) is 0.0994. The molecule has 118 valence electrons. The summed E-state index contributed by atoms with van der Waals surface area (Å²) >= 11 is 0. The highest BCUT2D eigenvalue weighted by Gasteiger charge is 2.62. The van der Waals surface area contributed by atoms with Gasteiger partial charge < -0.3 is 10.2 Å². The van der Waals surface area contributed by atoms with Crippen LogP contribution in [-0.2, 0) is 4.79 Å². The van der Waals surface area contributed by atoms with Crippen molar-refractivity contribution in [3.63, 3.8) is 0 Å². The van der Waals surface area contributed by atoms with Gasteiger partial charge in [-0.25, -0.2) is 4.79 Å². The number of hydrogen-bond donors (Lipinski definition) is 2. The molecule has 3 atom stereocenters. The molecule has 0 saturated heterocycles. The third-order valence-electron chi connectivity index (χ3n) is 6.63. The van der Waals surface area contributed by atoms with Crippen molar-refractivity contribution in [3.05, 3.63) is 35.4 Å². The highest BCUT2D eigenvalue weighted by atomic mass is 16.4. The van der Waals surface area contributed by atoms with Crippen LogP contribution in [0, 0.1) is 22.7 Å². The highest BCUT2D eigenvalue weighted by molar-refractivity contribution is 5.93. The van der Waals surface area contributed by atoms with Gasteiger partial charge in [0.15, 0.2) is 0 Å². The van der Waals surface area contributed by atoms with Gasteiger partial charge in [0.25, 0.3) is 0 Å². The van der Waals surface area contributed by atoms with E-state index in [1.165, 1.54) is 6.42 Å². The number of aliphatic carboxylic acids is 1. The van der Waals surface area contributed by atoms with Gasteiger partial charge in [-0.15, -0.1) is 0 Å². The van der Waals surface area contributed by atoms with E-state index in [4.69, 9.17) is 0 Å². The Morgan fingerprint density at radius 1 is 1.23 bits per heavy atom. The van der Waals surface area contributed by atoms with Crippen molar-refractivity contribution in [2.45, 2.75) is 40.0 Å². The van der Waals surface area contributed by atoms with E-state index in [1.807, 2.05) is 0 Å². The molecule has 0 spiro atoms. The van der Waals surface area contributed by atoms with Crippen LogP contribution in [0.5, 0.6) is 5.75 Å². The van der Waals surface area contributed by atoms with E-state index in [-0.39, 0.29) is 22.5 Å². The smallest absolute Gasteiger partial charge is 0.331 e. The van der Waals surface area contributed by atoms with Crippen LogP contribution in [0.2, 0.25) is 0 Å². The van der Waals surface area contributed by atoms with Crippen LogP contribution in [0.4, 0.5) is 0 Å². The van der Waals surface area contributed by atoms with E-state index in [0.717, 1.165) is 18.4 Å². The second-order valence-electron chi connectivity index (χ2n) is 7.66. The minimum atomic E-state index is -0.817. The number of carboxylic acid groups (broad SMARTS) is 1. The fraction of sp³-hybridized carbons (Fsp3) is 0.526. The Hall–Kier alpha value is -1.77. The standard InChI is InChI=1S/C19H24O3/c1-18(2)13-8-9-19(18,3)16(11-13)15(17(21)22)10-12-4-6-14(20)7-5-12/h4-7,10,13,16,20H,8-9,11H2,1-3H3,(H,21,22). The summed E-state index contributed by atoms with van der Waals surface area (Å²) in [6.45, 7) is 6.85. The van der Waals surface area contributed by atoms with Crippen molar-refractivity contribution < 1.29 is 15.0 Å². The Bertz CT molecular complexity index is 627. The quantitative estimate of drug-likeness (QED) is 0.817. The molecule has 3 rings (SSSR count). The molecule has 0 radical (unpaired) electrons. The van der Waals surface area contributed by atoms with Gasteiger partial charge in [0.05, 0.1) is 0 Å². The zero-order valence-corrected chi connectivity index (χ0v) is 13.5. The lowest BCUT2D eigenvalue weighted by atomic mass is 9.64. The number of phenols is 1. The Labute approximate surface area is 131 Å².